The Hall–Kier alpha value is -1.91. The summed E-state index contributed by atoms with van der Waals surface area (Å²) in [5, 5.41) is 8.23. The number of hydrogen-bond acceptors (Lipinski definition) is 5. The van der Waals surface area contributed by atoms with E-state index in [-0.39, 0.29) is 24.6 Å². The summed E-state index contributed by atoms with van der Waals surface area (Å²) in [4.78, 5) is -0.270. The Balaban J connectivity index is 1.56. The largest absolute Gasteiger partial charge is 0.375 e. The molecule has 7 nitrogen and oxygen atoms in total. The molecule has 2 aromatic rings. The summed E-state index contributed by atoms with van der Waals surface area (Å²) in [5.41, 5.74) is 1.29. The van der Waals surface area contributed by atoms with E-state index in [2.05, 4.69) is 10.3 Å². The Labute approximate surface area is 156 Å². The molecule has 2 heterocycles. The Bertz CT molecular complexity index is 944. The molecule has 1 aliphatic heterocycles. The number of hydrogen-bond donors (Lipinski definition) is 0. The van der Waals surface area contributed by atoms with Gasteiger partial charge in [-0.1, -0.05) is 5.21 Å². The number of fused-ring (bicyclic) bond motifs is 1. The highest BCUT2D eigenvalue weighted by Crippen LogP contribution is 2.29. The van der Waals surface area contributed by atoms with Crippen LogP contribution < -0.4 is 0 Å². The molecular weight excluding hydrogens is 378 g/mol. The van der Waals surface area contributed by atoms with Crippen molar-refractivity contribution in [2.75, 3.05) is 13.2 Å². The van der Waals surface area contributed by atoms with E-state index in [1.807, 2.05) is 0 Å². The zero-order valence-corrected chi connectivity index (χ0v) is 15.5. The van der Waals surface area contributed by atoms with Gasteiger partial charge < -0.3 is 4.74 Å². The number of benzene rings is 1. The topological polar surface area (TPSA) is 77.3 Å². The molecule has 146 valence electrons. The van der Waals surface area contributed by atoms with Crippen molar-refractivity contribution < 1.29 is 21.9 Å². The summed E-state index contributed by atoms with van der Waals surface area (Å²) in [7, 11) is -3.97. The molecule has 4 rings (SSSR count). The average molecular weight is 398 g/mol. The predicted octanol–water partition coefficient (Wildman–Crippen LogP) is 2.08. The van der Waals surface area contributed by atoms with Crippen molar-refractivity contribution in [2.45, 2.75) is 43.9 Å². The fraction of sp³-hybridized carbons (Fsp3) is 0.529. The van der Waals surface area contributed by atoms with Gasteiger partial charge in [0.05, 0.1) is 23.7 Å². The fourth-order valence-electron chi connectivity index (χ4n) is 3.07. The molecule has 0 amide bonds. The molecule has 2 aliphatic rings. The number of aromatic nitrogens is 3. The number of rotatable bonds is 6. The number of ether oxygens (including phenoxy) is 1. The molecule has 1 aliphatic carbocycles. The maximum absolute atomic E-state index is 13.5. The smallest absolute Gasteiger partial charge is 0.243 e. The lowest BCUT2D eigenvalue weighted by Gasteiger charge is -2.20. The molecular formula is C17H20F2N4O3S. The predicted molar refractivity (Wildman–Crippen MR) is 91.0 cm³/mol. The van der Waals surface area contributed by atoms with Gasteiger partial charge in [-0.2, -0.15) is 4.31 Å². The number of nitrogens with zero attached hydrogens (tertiary/aromatic N) is 4. The SMILES string of the molecule is O=S(=O)(c1ccc(F)c(F)c1)N1CCCn2nnc(COCC3CC3)c2C1. The standard InChI is InChI=1S/C17H20F2N4O3S/c18-14-5-4-13(8-15(14)19)27(24,25)22-6-1-7-23-17(9-22)16(20-21-23)11-26-10-12-2-3-12/h4-5,8,12H,1-3,6-7,9-11H2. The van der Waals surface area contributed by atoms with Crippen molar-refractivity contribution in [3.05, 3.63) is 41.2 Å². The Morgan fingerprint density at radius 3 is 2.74 bits per heavy atom. The summed E-state index contributed by atoms with van der Waals surface area (Å²) >= 11 is 0. The lowest BCUT2D eigenvalue weighted by atomic mass is 10.3. The van der Waals surface area contributed by atoms with Crippen LogP contribution in [0, 0.1) is 17.6 Å². The average Bonchev–Trinajstić information content (AvgIpc) is 3.42. The second-order valence-corrected chi connectivity index (χ2v) is 8.87. The van der Waals surface area contributed by atoms with Gasteiger partial charge in [0.2, 0.25) is 10.0 Å². The van der Waals surface area contributed by atoms with Gasteiger partial charge in [-0.05, 0) is 43.4 Å². The third-order valence-corrected chi connectivity index (χ3v) is 6.68. The summed E-state index contributed by atoms with van der Waals surface area (Å²) < 4.78 is 61.1. The van der Waals surface area contributed by atoms with E-state index in [0.29, 0.717) is 42.9 Å². The van der Waals surface area contributed by atoms with Crippen LogP contribution in [0.4, 0.5) is 8.78 Å². The zero-order valence-electron chi connectivity index (χ0n) is 14.6. The van der Waals surface area contributed by atoms with Crippen LogP contribution in [0.3, 0.4) is 0 Å². The van der Waals surface area contributed by atoms with Crippen molar-refractivity contribution >= 4 is 10.0 Å². The molecule has 0 atom stereocenters. The zero-order chi connectivity index (χ0) is 19.0. The monoisotopic (exact) mass is 398 g/mol. The van der Waals surface area contributed by atoms with E-state index in [1.165, 1.54) is 17.1 Å². The third-order valence-electron chi connectivity index (χ3n) is 4.84. The van der Waals surface area contributed by atoms with Gasteiger partial charge in [0.15, 0.2) is 11.6 Å². The lowest BCUT2D eigenvalue weighted by molar-refractivity contribution is 0.108. The Morgan fingerprint density at radius 2 is 2.00 bits per heavy atom. The van der Waals surface area contributed by atoms with E-state index < -0.39 is 21.7 Å². The summed E-state index contributed by atoms with van der Waals surface area (Å²) in [5.74, 6) is -1.65. The van der Waals surface area contributed by atoms with E-state index in [9.17, 15) is 17.2 Å². The molecule has 1 saturated carbocycles. The third kappa shape index (κ3) is 3.87. The van der Waals surface area contributed by atoms with Gasteiger partial charge in [0, 0.05) is 19.7 Å². The van der Waals surface area contributed by atoms with Crippen LogP contribution in [0.1, 0.15) is 30.7 Å². The van der Waals surface area contributed by atoms with Gasteiger partial charge in [-0.15, -0.1) is 5.10 Å². The fourth-order valence-corrected chi connectivity index (χ4v) is 4.53. The van der Waals surface area contributed by atoms with Gasteiger partial charge in [0.1, 0.15) is 5.69 Å². The number of aryl methyl sites for hydroxylation is 1. The molecule has 10 heteroatoms. The molecule has 1 aromatic heterocycles. The van der Waals surface area contributed by atoms with Crippen LogP contribution in [0.2, 0.25) is 0 Å². The maximum Gasteiger partial charge on any atom is 0.243 e. The first-order valence-corrected chi connectivity index (χ1v) is 10.3. The van der Waals surface area contributed by atoms with E-state index >= 15 is 0 Å². The Morgan fingerprint density at radius 1 is 1.19 bits per heavy atom. The quantitative estimate of drug-likeness (QED) is 0.745. The molecule has 0 radical (unpaired) electrons. The van der Waals surface area contributed by atoms with Crippen LogP contribution >= 0.6 is 0 Å². The van der Waals surface area contributed by atoms with Gasteiger partial charge in [-0.25, -0.2) is 21.9 Å². The van der Waals surface area contributed by atoms with E-state index in [4.69, 9.17) is 4.74 Å². The van der Waals surface area contributed by atoms with Gasteiger partial charge in [0.25, 0.3) is 0 Å². The Kier molecular flexibility index (Phi) is 4.95. The minimum atomic E-state index is -3.97. The number of halogens is 2. The molecule has 0 N–H and O–H groups in total. The molecule has 27 heavy (non-hydrogen) atoms. The second-order valence-electron chi connectivity index (χ2n) is 6.93. The number of sulfonamides is 1. The highest BCUT2D eigenvalue weighted by atomic mass is 32.2. The second kappa shape index (κ2) is 7.25. The molecule has 0 spiro atoms. The van der Waals surface area contributed by atoms with Crippen molar-refractivity contribution in [3.8, 4) is 0 Å². The molecule has 0 bridgehead atoms. The molecule has 1 fully saturated rings. The highest BCUT2D eigenvalue weighted by molar-refractivity contribution is 7.89. The highest BCUT2D eigenvalue weighted by Gasteiger charge is 2.30. The van der Waals surface area contributed by atoms with Gasteiger partial charge in [-0.3, -0.25) is 0 Å². The van der Waals surface area contributed by atoms with Crippen LogP contribution in [-0.4, -0.2) is 40.9 Å². The first-order chi connectivity index (χ1) is 12.9. The normalized spacial score (nSPS) is 18.3. The van der Waals surface area contributed by atoms with Crippen molar-refractivity contribution in [1.82, 2.24) is 19.3 Å². The molecule has 0 unspecified atom stereocenters. The summed E-state index contributed by atoms with van der Waals surface area (Å²) in [6, 6.07) is 2.61. The van der Waals surface area contributed by atoms with Crippen molar-refractivity contribution in [1.29, 1.82) is 0 Å². The lowest BCUT2D eigenvalue weighted by Crippen LogP contribution is -2.31. The van der Waals surface area contributed by atoms with Crippen molar-refractivity contribution in [3.63, 3.8) is 0 Å². The van der Waals surface area contributed by atoms with Crippen LogP contribution in [0.5, 0.6) is 0 Å². The molecule has 1 aromatic carbocycles. The van der Waals surface area contributed by atoms with E-state index in [1.54, 1.807) is 4.68 Å². The van der Waals surface area contributed by atoms with Crippen LogP contribution in [0.25, 0.3) is 0 Å². The molecule has 0 saturated heterocycles. The van der Waals surface area contributed by atoms with Crippen molar-refractivity contribution in [2.24, 2.45) is 5.92 Å². The van der Waals surface area contributed by atoms with Crippen LogP contribution in [0.15, 0.2) is 23.1 Å². The first-order valence-electron chi connectivity index (χ1n) is 8.89. The maximum atomic E-state index is 13.5. The minimum absolute atomic E-state index is 0.0659. The van der Waals surface area contributed by atoms with E-state index in [0.717, 1.165) is 12.1 Å². The van der Waals surface area contributed by atoms with Gasteiger partial charge >= 0.3 is 0 Å². The first kappa shape index (κ1) is 18.5. The summed E-state index contributed by atoms with van der Waals surface area (Å²) in [6.07, 6.45) is 2.90. The van der Waals surface area contributed by atoms with Crippen LogP contribution in [-0.2, 0) is 34.5 Å². The summed E-state index contributed by atoms with van der Waals surface area (Å²) in [6.45, 7) is 1.81. The minimum Gasteiger partial charge on any atom is -0.375 e.